The lowest BCUT2D eigenvalue weighted by Crippen LogP contribution is -2.38. The van der Waals surface area contributed by atoms with Gasteiger partial charge in [-0.2, -0.15) is 0 Å². The van der Waals surface area contributed by atoms with Crippen molar-refractivity contribution in [1.29, 1.82) is 0 Å². The molecule has 1 aliphatic rings. The van der Waals surface area contributed by atoms with Gasteiger partial charge < -0.3 is 14.2 Å². The Morgan fingerprint density at radius 1 is 1.43 bits per heavy atom. The van der Waals surface area contributed by atoms with Crippen LogP contribution in [-0.2, 0) is 17.8 Å². The molecule has 0 radical (unpaired) electrons. The molecule has 0 saturated carbocycles. The number of nitrogens with zero attached hydrogens (tertiary/aromatic N) is 4. The predicted octanol–water partition coefficient (Wildman–Crippen LogP) is 2.07. The molecule has 1 aromatic carbocycles. The molecule has 3 rings (SSSR count). The van der Waals surface area contributed by atoms with E-state index in [1.807, 2.05) is 35.9 Å². The zero-order valence-electron chi connectivity index (χ0n) is 13.8. The Hall–Kier alpha value is -2.37. The SMILES string of the molecule is CC(C)n1cnnc1CN(C)C(=O)[C@H]1COc2ccccc2C1. The van der Waals surface area contributed by atoms with Crippen LogP contribution >= 0.6 is 0 Å². The van der Waals surface area contributed by atoms with Gasteiger partial charge in [-0.15, -0.1) is 10.2 Å². The highest BCUT2D eigenvalue weighted by Crippen LogP contribution is 2.27. The van der Waals surface area contributed by atoms with Crippen LogP contribution in [0, 0.1) is 5.92 Å². The number of amides is 1. The molecule has 6 heteroatoms. The highest BCUT2D eigenvalue weighted by Gasteiger charge is 2.28. The van der Waals surface area contributed by atoms with Gasteiger partial charge in [-0.05, 0) is 31.9 Å². The van der Waals surface area contributed by atoms with Crippen LogP contribution in [0.5, 0.6) is 5.75 Å². The normalized spacial score (nSPS) is 16.8. The second-order valence-electron chi connectivity index (χ2n) is 6.26. The maximum absolute atomic E-state index is 12.7. The first-order valence-corrected chi connectivity index (χ1v) is 7.90. The summed E-state index contributed by atoms with van der Waals surface area (Å²) in [6.45, 7) is 5.02. The Morgan fingerprint density at radius 3 is 3.00 bits per heavy atom. The third-order valence-electron chi connectivity index (χ3n) is 4.19. The number of hydrogen-bond acceptors (Lipinski definition) is 4. The molecule has 2 aromatic rings. The standard InChI is InChI=1S/C17H22N4O2/c1-12(2)21-11-18-19-16(21)9-20(3)17(22)14-8-13-6-4-5-7-15(13)23-10-14/h4-7,11-12,14H,8-10H2,1-3H3/t14-/m1/s1. The first-order valence-electron chi connectivity index (χ1n) is 7.90. The van der Waals surface area contributed by atoms with Crippen molar-refractivity contribution in [2.24, 2.45) is 5.92 Å². The molecule has 1 aromatic heterocycles. The van der Waals surface area contributed by atoms with Crippen molar-refractivity contribution >= 4 is 5.91 Å². The number of carbonyl (C=O) groups is 1. The molecule has 1 atom stereocenters. The second-order valence-corrected chi connectivity index (χ2v) is 6.26. The first kappa shape index (κ1) is 15.5. The van der Waals surface area contributed by atoms with Crippen molar-refractivity contribution in [2.75, 3.05) is 13.7 Å². The van der Waals surface area contributed by atoms with Crippen LogP contribution in [-0.4, -0.2) is 39.2 Å². The van der Waals surface area contributed by atoms with E-state index < -0.39 is 0 Å². The number of ether oxygens (including phenoxy) is 1. The van der Waals surface area contributed by atoms with Crippen LogP contribution in [0.3, 0.4) is 0 Å². The second kappa shape index (κ2) is 6.40. The quantitative estimate of drug-likeness (QED) is 0.867. The molecule has 0 saturated heterocycles. The number of carbonyl (C=O) groups excluding carboxylic acids is 1. The molecular formula is C17H22N4O2. The van der Waals surface area contributed by atoms with Crippen molar-refractivity contribution in [1.82, 2.24) is 19.7 Å². The van der Waals surface area contributed by atoms with Crippen LogP contribution in [0.1, 0.15) is 31.3 Å². The summed E-state index contributed by atoms with van der Waals surface area (Å²) in [7, 11) is 1.81. The Bertz CT molecular complexity index is 695. The van der Waals surface area contributed by atoms with E-state index in [0.29, 0.717) is 13.2 Å². The number of para-hydroxylation sites is 1. The first-order chi connectivity index (χ1) is 11.1. The minimum absolute atomic E-state index is 0.0813. The van der Waals surface area contributed by atoms with E-state index in [-0.39, 0.29) is 17.9 Å². The minimum atomic E-state index is -0.148. The van der Waals surface area contributed by atoms with Gasteiger partial charge in [0, 0.05) is 13.1 Å². The summed E-state index contributed by atoms with van der Waals surface area (Å²) in [6.07, 6.45) is 2.43. The number of aromatic nitrogens is 3. The van der Waals surface area contributed by atoms with Gasteiger partial charge in [0.15, 0.2) is 5.82 Å². The predicted molar refractivity (Wildman–Crippen MR) is 86.0 cm³/mol. The van der Waals surface area contributed by atoms with Gasteiger partial charge >= 0.3 is 0 Å². The van der Waals surface area contributed by atoms with Crippen molar-refractivity contribution < 1.29 is 9.53 Å². The summed E-state index contributed by atoms with van der Waals surface area (Å²) < 4.78 is 7.71. The van der Waals surface area contributed by atoms with Crippen molar-refractivity contribution in [3.8, 4) is 5.75 Å². The Balaban J connectivity index is 1.67. The largest absolute Gasteiger partial charge is 0.492 e. The molecule has 1 amide bonds. The lowest BCUT2D eigenvalue weighted by atomic mass is 9.95. The van der Waals surface area contributed by atoms with E-state index in [2.05, 4.69) is 24.0 Å². The fourth-order valence-corrected chi connectivity index (χ4v) is 2.90. The Labute approximate surface area is 136 Å². The lowest BCUT2D eigenvalue weighted by Gasteiger charge is -2.28. The van der Waals surface area contributed by atoms with Gasteiger partial charge in [0.1, 0.15) is 18.7 Å². The van der Waals surface area contributed by atoms with E-state index in [1.54, 1.807) is 11.2 Å². The lowest BCUT2D eigenvalue weighted by molar-refractivity contribution is -0.136. The fourth-order valence-electron chi connectivity index (χ4n) is 2.90. The third kappa shape index (κ3) is 3.21. The highest BCUT2D eigenvalue weighted by molar-refractivity contribution is 5.79. The van der Waals surface area contributed by atoms with Gasteiger partial charge in [0.05, 0.1) is 12.5 Å². The molecule has 0 spiro atoms. The van der Waals surface area contributed by atoms with E-state index in [1.165, 1.54) is 0 Å². The van der Waals surface area contributed by atoms with E-state index in [4.69, 9.17) is 4.74 Å². The van der Waals surface area contributed by atoms with Gasteiger partial charge in [0.25, 0.3) is 0 Å². The molecule has 0 unspecified atom stereocenters. The van der Waals surface area contributed by atoms with Crippen LogP contribution in [0.4, 0.5) is 0 Å². The van der Waals surface area contributed by atoms with Crippen molar-refractivity contribution in [2.45, 2.75) is 32.9 Å². The third-order valence-corrected chi connectivity index (χ3v) is 4.19. The van der Waals surface area contributed by atoms with Crippen LogP contribution < -0.4 is 4.74 Å². The number of rotatable bonds is 4. The molecular weight excluding hydrogens is 292 g/mol. The minimum Gasteiger partial charge on any atom is -0.492 e. The zero-order chi connectivity index (χ0) is 16.4. The summed E-state index contributed by atoms with van der Waals surface area (Å²) in [5, 5.41) is 8.08. The van der Waals surface area contributed by atoms with Gasteiger partial charge in [-0.1, -0.05) is 18.2 Å². The smallest absolute Gasteiger partial charge is 0.229 e. The maximum Gasteiger partial charge on any atom is 0.229 e. The van der Waals surface area contributed by atoms with Gasteiger partial charge in [0.2, 0.25) is 5.91 Å². The average Bonchev–Trinajstić information content (AvgIpc) is 3.02. The van der Waals surface area contributed by atoms with Gasteiger partial charge in [-0.3, -0.25) is 4.79 Å². The fraction of sp³-hybridized carbons (Fsp3) is 0.471. The summed E-state index contributed by atoms with van der Waals surface area (Å²) in [6, 6.07) is 8.17. The van der Waals surface area contributed by atoms with Crippen LogP contribution in [0.15, 0.2) is 30.6 Å². The van der Waals surface area contributed by atoms with E-state index in [9.17, 15) is 4.79 Å². The molecule has 0 fully saturated rings. The maximum atomic E-state index is 12.7. The van der Waals surface area contributed by atoms with Crippen molar-refractivity contribution in [3.63, 3.8) is 0 Å². The average molecular weight is 314 g/mol. The number of fused-ring (bicyclic) bond motifs is 1. The highest BCUT2D eigenvalue weighted by atomic mass is 16.5. The van der Waals surface area contributed by atoms with E-state index in [0.717, 1.165) is 23.6 Å². The Morgan fingerprint density at radius 2 is 2.22 bits per heavy atom. The summed E-state index contributed by atoms with van der Waals surface area (Å²) in [5.41, 5.74) is 1.09. The van der Waals surface area contributed by atoms with E-state index >= 15 is 0 Å². The topological polar surface area (TPSA) is 60.2 Å². The molecule has 2 heterocycles. The molecule has 6 nitrogen and oxygen atoms in total. The molecule has 0 N–H and O–H groups in total. The van der Waals surface area contributed by atoms with Gasteiger partial charge in [-0.25, -0.2) is 0 Å². The molecule has 0 bridgehead atoms. The number of hydrogen-bond donors (Lipinski definition) is 0. The van der Waals surface area contributed by atoms with Crippen LogP contribution in [0.2, 0.25) is 0 Å². The molecule has 122 valence electrons. The molecule has 1 aliphatic heterocycles. The number of benzene rings is 1. The molecule has 0 aliphatic carbocycles. The summed E-state index contributed by atoms with van der Waals surface area (Å²) in [4.78, 5) is 14.4. The Kier molecular flexibility index (Phi) is 4.32. The molecule has 23 heavy (non-hydrogen) atoms. The summed E-state index contributed by atoms with van der Waals surface area (Å²) in [5.74, 6) is 1.62. The monoisotopic (exact) mass is 314 g/mol. The zero-order valence-corrected chi connectivity index (χ0v) is 13.8. The van der Waals surface area contributed by atoms with Crippen LogP contribution in [0.25, 0.3) is 0 Å². The van der Waals surface area contributed by atoms with Crippen molar-refractivity contribution in [3.05, 3.63) is 42.0 Å². The summed E-state index contributed by atoms with van der Waals surface area (Å²) >= 11 is 0.